The Labute approximate surface area is 82.9 Å². The van der Waals surface area contributed by atoms with Crippen molar-refractivity contribution in [1.82, 2.24) is 4.98 Å². The minimum atomic E-state index is -0.380. The van der Waals surface area contributed by atoms with E-state index in [1.807, 2.05) is 6.92 Å². The zero-order chi connectivity index (χ0) is 10.6. The Morgan fingerprint density at radius 3 is 2.71 bits per heavy atom. The van der Waals surface area contributed by atoms with Crippen molar-refractivity contribution in [3.8, 4) is 5.88 Å². The molecule has 1 rings (SSSR count). The van der Waals surface area contributed by atoms with Crippen LogP contribution in [-0.4, -0.2) is 25.2 Å². The van der Waals surface area contributed by atoms with E-state index in [1.54, 1.807) is 13.2 Å². The molecule has 0 saturated carbocycles. The molecule has 4 heteroatoms. The van der Waals surface area contributed by atoms with Gasteiger partial charge in [-0.3, -0.25) is 0 Å². The summed E-state index contributed by atoms with van der Waals surface area (Å²) in [5.74, 6) is 0.176. The smallest absolute Gasteiger partial charge is 0.339 e. The van der Waals surface area contributed by atoms with Crippen molar-refractivity contribution in [2.45, 2.75) is 13.3 Å². The largest absolute Gasteiger partial charge is 0.481 e. The first-order chi connectivity index (χ1) is 6.72. The number of rotatable bonds is 3. The van der Waals surface area contributed by atoms with E-state index >= 15 is 0 Å². The minimum absolute atomic E-state index is 0.380. The zero-order valence-corrected chi connectivity index (χ0v) is 8.53. The average molecular weight is 195 g/mol. The summed E-state index contributed by atoms with van der Waals surface area (Å²) >= 11 is 0. The van der Waals surface area contributed by atoms with E-state index in [-0.39, 0.29) is 5.97 Å². The molecule has 0 amide bonds. The maximum atomic E-state index is 11.2. The zero-order valence-electron chi connectivity index (χ0n) is 8.53. The molecule has 4 nitrogen and oxygen atoms in total. The van der Waals surface area contributed by atoms with Crippen molar-refractivity contribution in [2.75, 3.05) is 14.2 Å². The van der Waals surface area contributed by atoms with Gasteiger partial charge in [0.15, 0.2) is 0 Å². The predicted octanol–water partition coefficient (Wildman–Crippen LogP) is 1.44. The van der Waals surface area contributed by atoms with Crippen molar-refractivity contribution >= 4 is 5.97 Å². The molecule has 1 aromatic heterocycles. The summed E-state index contributed by atoms with van der Waals surface area (Å²) in [5, 5.41) is 0. The summed E-state index contributed by atoms with van der Waals surface area (Å²) in [6.07, 6.45) is 2.21. The normalized spacial score (nSPS) is 9.64. The van der Waals surface area contributed by atoms with Crippen LogP contribution in [0.15, 0.2) is 12.3 Å². The molecular formula is C10H13NO3. The van der Waals surface area contributed by atoms with Crippen LogP contribution < -0.4 is 4.74 Å². The van der Waals surface area contributed by atoms with E-state index in [9.17, 15) is 4.79 Å². The van der Waals surface area contributed by atoms with Crippen LogP contribution in [0.4, 0.5) is 0 Å². The number of methoxy groups -OCH3 is 2. The van der Waals surface area contributed by atoms with Crippen LogP contribution in [0.5, 0.6) is 5.88 Å². The van der Waals surface area contributed by atoms with Gasteiger partial charge in [0.25, 0.3) is 0 Å². The molecule has 0 atom stereocenters. The van der Waals surface area contributed by atoms with Gasteiger partial charge in [-0.1, -0.05) is 6.92 Å². The van der Waals surface area contributed by atoms with Gasteiger partial charge < -0.3 is 9.47 Å². The first-order valence-corrected chi connectivity index (χ1v) is 4.34. The standard InChI is InChI=1S/C10H13NO3/c1-4-7-5-8(10(12)14-3)6-11-9(7)13-2/h5-6H,4H2,1-3H3. The molecule has 0 aliphatic heterocycles. The van der Waals surface area contributed by atoms with Crippen LogP contribution >= 0.6 is 0 Å². The van der Waals surface area contributed by atoms with Crippen molar-refractivity contribution < 1.29 is 14.3 Å². The van der Waals surface area contributed by atoms with Crippen LogP contribution in [0.3, 0.4) is 0 Å². The quantitative estimate of drug-likeness (QED) is 0.685. The van der Waals surface area contributed by atoms with Gasteiger partial charge in [-0.2, -0.15) is 0 Å². The number of aryl methyl sites for hydroxylation is 1. The van der Waals surface area contributed by atoms with Crippen molar-refractivity contribution in [3.05, 3.63) is 23.4 Å². The topological polar surface area (TPSA) is 48.4 Å². The summed E-state index contributed by atoms with van der Waals surface area (Å²) in [4.78, 5) is 15.2. The molecule has 0 N–H and O–H groups in total. The molecule has 0 aromatic carbocycles. The van der Waals surface area contributed by atoms with Crippen molar-refractivity contribution in [3.63, 3.8) is 0 Å². The number of esters is 1. The fourth-order valence-electron chi connectivity index (χ4n) is 1.16. The van der Waals surface area contributed by atoms with E-state index in [2.05, 4.69) is 9.72 Å². The first-order valence-electron chi connectivity index (χ1n) is 4.34. The number of carbonyl (C=O) groups excluding carboxylic acids is 1. The molecule has 0 aliphatic rings. The van der Waals surface area contributed by atoms with Gasteiger partial charge in [-0.25, -0.2) is 9.78 Å². The predicted molar refractivity (Wildman–Crippen MR) is 51.5 cm³/mol. The summed E-state index contributed by atoms with van der Waals surface area (Å²) in [6, 6.07) is 1.73. The Balaban J connectivity index is 3.07. The highest BCUT2D eigenvalue weighted by Gasteiger charge is 2.09. The highest BCUT2D eigenvalue weighted by atomic mass is 16.5. The van der Waals surface area contributed by atoms with Crippen LogP contribution in [0, 0.1) is 0 Å². The second kappa shape index (κ2) is 4.60. The fourth-order valence-corrected chi connectivity index (χ4v) is 1.16. The Bertz CT molecular complexity index is 336. The molecular weight excluding hydrogens is 182 g/mol. The van der Waals surface area contributed by atoms with Crippen LogP contribution in [0.25, 0.3) is 0 Å². The summed E-state index contributed by atoms with van der Waals surface area (Å²) in [7, 11) is 2.90. The van der Waals surface area contributed by atoms with Crippen LogP contribution in [0.2, 0.25) is 0 Å². The lowest BCUT2D eigenvalue weighted by molar-refractivity contribution is 0.0600. The SMILES string of the molecule is CCc1cc(C(=O)OC)cnc1OC. The molecule has 1 aromatic rings. The van der Waals surface area contributed by atoms with E-state index < -0.39 is 0 Å². The summed E-state index contributed by atoms with van der Waals surface area (Å²) in [5.41, 5.74) is 1.35. The third kappa shape index (κ3) is 2.02. The Kier molecular flexibility index (Phi) is 3.45. The number of pyridine rings is 1. The fraction of sp³-hybridized carbons (Fsp3) is 0.400. The average Bonchev–Trinajstić information content (AvgIpc) is 2.26. The molecule has 0 saturated heterocycles. The van der Waals surface area contributed by atoms with Crippen LogP contribution in [0.1, 0.15) is 22.8 Å². The van der Waals surface area contributed by atoms with Gasteiger partial charge in [-0.05, 0) is 12.5 Å². The lowest BCUT2D eigenvalue weighted by Crippen LogP contribution is -2.04. The maximum absolute atomic E-state index is 11.2. The molecule has 0 radical (unpaired) electrons. The minimum Gasteiger partial charge on any atom is -0.481 e. The number of hydrogen-bond acceptors (Lipinski definition) is 4. The number of aromatic nitrogens is 1. The molecule has 76 valence electrons. The maximum Gasteiger partial charge on any atom is 0.339 e. The number of carbonyl (C=O) groups is 1. The van der Waals surface area contributed by atoms with Gasteiger partial charge in [0, 0.05) is 11.8 Å². The second-order valence-electron chi connectivity index (χ2n) is 2.74. The molecule has 0 spiro atoms. The Morgan fingerprint density at radius 1 is 1.50 bits per heavy atom. The van der Waals surface area contributed by atoms with E-state index in [1.165, 1.54) is 13.3 Å². The molecule has 0 unspecified atom stereocenters. The highest BCUT2D eigenvalue weighted by molar-refractivity contribution is 5.89. The lowest BCUT2D eigenvalue weighted by atomic mass is 10.1. The summed E-state index contributed by atoms with van der Waals surface area (Å²) in [6.45, 7) is 1.97. The van der Waals surface area contributed by atoms with Crippen molar-refractivity contribution in [1.29, 1.82) is 0 Å². The van der Waals surface area contributed by atoms with E-state index in [0.29, 0.717) is 11.4 Å². The lowest BCUT2D eigenvalue weighted by Gasteiger charge is -2.06. The van der Waals surface area contributed by atoms with Gasteiger partial charge in [0.1, 0.15) is 0 Å². The highest BCUT2D eigenvalue weighted by Crippen LogP contribution is 2.16. The third-order valence-electron chi connectivity index (χ3n) is 1.92. The monoisotopic (exact) mass is 195 g/mol. The van der Waals surface area contributed by atoms with Gasteiger partial charge in [0.2, 0.25) is 5.88 Å². The molecule has 0 fully saturated rings. The molecule has 1 heterocycles. The third-order valence-corrected chi connectivity index (χ3v) is 1.92. The Hall–Kier alpha value is -1.58. The van der Waals surface area contributed by atoms with E-state index in [0.717, 1.165) is 12.0 Å². The number of nitrogens with zero attached hydrogens (tertiary/aromatic N) is 1. The molecule has 0 aliphatic carbocycles. The first kappa shape index (κ1) is 10.5. The number of ether oxygens (including phenoxy) is 2. The molecule has 0 bridgehead atoms. The van der Waals surface area contributed by atoms with Gasteiger partial charge >= 0.3 is 5.97 Å². The van der Waals surface area contributed by atoms with Gasteiger partial charge in [-0.15, -0.1) is 0 Å². The molecule has 14 heavy (non-hydrogen) atoms. The van der Waals surface area contributed by atoms with Crippen molar-refractivity contribution in [2.24, 2.45) is 0 Å². The number of hydrogen-bond donors (Lipinski definition) is 0. The second-order valence-corrected chi connectivity index (χ2v) is 2.74. The summed E-state index contributed by atoms with van der Waals surface area (Å²) < 4.78 is 9.63. The van der Waals surface area contributed by atoms with Gasteiger partial charge in [0.05, 0.1) is 19.8 Å². The van der Waals surface area contributed by atoms with Crippen LogP contribution in [-0.2, 0) is 11.2 Å². The van der Waals surface area contributed by atoms with E-state index in [4.69, 9.17) is 4.74 Å². The Morgan fingerprint density at radius 2 is 2.21 bits per heavy atom.